The maximum absolute atomic E-state index is 13.1. The first-order chi connectivity index (χ1) is 11.1. The number of amides is 1. The van der Waals surface area contributed by atoms with E-state index in [4.69, 9.17) is 16.1 Å². The molecule has 2 aromatic heterocycles. The van der Waals surface area contributed by atoms with Crippen LogP contribution in [0.5, 0.6) is 0 Å². The molecule has 0 fully saturated rings. The van der Waals surface area contributed by atoms with Crippen molar-refractivity contribution in [1.82, 2.24) is 10.1 Å². The summed E-state index contributed by atoms with van der Waals surface area (Å²) in [6, 6.07) is 7.79. The van der Waals surface area contributed by atoms with Gasteiger partial charge in [-0.05, 0) is 29.6 Å². The Hall–Kier alpha value is -2.25. The molecular formula is C15H11ClFN3O2S. The van der Waals surface area contributed by atoms with Crippen molar-refractivity contribution in [2.24, 2.45) is 0 Å². The molecule has 0 unspecified atom stereocenters. The van der Waals surface area contributed by atoms with Gasteiger partial charge in [0, 0.05) is 18.5 Å². The van der Waals surface area contributed by atoms with Crippen molar-refractivity contribution in [2.75, 3.05) is 5.32 Å². The second-order valence-electron chi connectivity index (χ2n) is 4.67. The van der Waals surface area contributed by atoms with Gasteiger partial charge in [0.15, 0.2) is 0 Å². The number of rotatable bonds is 5. The molecule has 5 nitrogen and oxygen atoms in total. The maximum atomic E-state index is 13.1. The van der Waals surface area contributed by atoms with Crippen molar-refractivity contribution in [3.63, 3.8) is 0 Å². The van der Waals surface area contributed by atoms with Crippen LogP contribution in [0.4, 0.5) is 10.1 Å². The van der Waals surface area contributed by atoms with Crippen LogP contribution in [0.3, 0.4) is 0 Å². The van der Waals surface area contributed by atoms with Crippen LogP contribution in [0.1, 0.15) is 12.3 Å². The van der Waals surface area contributed by atoms with Crippen molar-refractivity contribution >= 4 is 34.5 Å². The number of nitrogens with zero attached hydrogens (tertiary/aromatic N) is 2. The number of hydrogen-bond acceptors (Lipinski definition) is 5. The number of nitrogens with one attached hydrogen (secondary N) is 1. The molecule has 0 saturated carbocycles. The summed E-state index contributed by atoms with van der Waals surface area (Å²) >= 11 is 7.17. The van der Waals surface area contributed by atoms with E-state index in [0.29, 0.717) is 23.8 Å². The zero-order chi connectivity index (χ0) is 16.2. The number of thiophene rings is 1. The monoisotopic (exact) mass is 351 g/mol. The zero-order valence-corrected chi connectivity index (χ0v) is 13.3. The minimum atomic E-state index is -0.531. The number of aromatic nitrogens is 2. The lowest BCUT2D eigenvalue weighted by Crippen LogP contribution is -2.12. The van der Waals surface area contributed by atoms with Crippen LogP contribution >= 0.6 is 22.9 Å². The Kier molecular flexibility index (Phi) is 4.68. The first-order valence-corrected chi connectivity index (χ1v) is 7.99. The number of hydrogen-bond donors (Lipinski definition) is 1. The van der Waals surface area contributed by atoms with Crippen molar-refractivity contribution in [1.29, 1.82) is 0 Å². The van der Waals surface area contributed by atoms with E-state index in [0.717, 1.165) is 4.88 Å². The van der Waals surface area contributed by atoms with E-state index < -0.39 is 5.82 Å². The minimum absolute atomic E-state index is 0.0414. The summed E-state index contributed by atoms with van der Waals surface area (Å²) in [6.45, 7) is 0. The number of aryl methyl sites for hydroxylation is 1. The van der Waals surface area contributed by atoms with Gasteiger partial charge in [-0.2, -0.15) is 4.98 Å². The number of halogens is 2. The van der Waals surface area contributed by atoms with Crippen LogP contribution in [0.2, 0.25) is 5.02 Å². The average Bonchev–Trinajstić information content (AvgIpc) is 3.19. The Labute approximate surface area is 140 Å². The summed E-state index contributed by atoms with van der Waals surface area (Å²) in [7, 11) is 0. The summed E-state index contributed by atoms with van der Waals surface area (Å²) in [4.78, 5) is 17.0. The third-order valence-electron chi connectivity index (χ3n) is 2.98. The quantitative estimate of drug-likeness (QED) is 0.749. The van der Waals surface area contributed by atoms with Gasteiger partial charge in [-0.3, -0.25) is 4.79 Å². The number of anilines is 1. The van der Waals surface area contributed by atoms with Gasteiger partial charge in [0.2, 0.25) is 17.6 Å². The first kappa shape index (κ1) is 15.6. The first-order valence-electron chi connectivity index (χ1n) is 6.73. The second-order valence-corrected chi connectivity index (χ2v) is 6.02. The molecular weight excluding hydrogens is 341 g/mol. The fourth-order valence-electron chi connectivity index (χ4n) is 1.88. The van der Waals surface area contributed by atoms with Crippen LogP contribution in [-0.4, -0.2) is 16.0 Å². The van der Waals surface area contributed by atoms with E-state index in [9.17, 15) is 9.18 Å². The molecule has 0 aliphatic heterocycles. The smallest absolute Gasteiger partial charge is 0.227 e. The lowest BCUT2D eigenvalue weighted by molar-refractivity contribution is -0.116. The summed E-state index contributed by atoms with van der Waals surface area (Å²) in [5, 5.41) is 8.39. The van der Waals surface area contributed by atoms with Gasteiger partial charge in [0.1, 0.15) is 5.82 Å². The van der Waals surface area contributed by atoms with Crippen LogP contribution in [0, 0.1) is 5.82 Å². The van der Waals surface area contributed by atoms with E-state index in [1.165, 1.54) is 29.5 Å². The molecule has 0 saturated heterocycles. The number of benzene rings is 1. The molecule has 1 N–H and O–H groups in total. The third kappa shape index (κ3) is 3.94. The Morgan fingerprint density at radius 1 is 1.39 bits per heavy atom. The molecule has 23 heavy (non-hydrogen) atoms. The van der Waals surface area contributed by atoms with E-state index in [1.807, 2.05) is 17.5 Å². The van der Waals surface area contributed by atoms with Gasteiger partial charge in [-0.1, -0.05) is 22.8 Å². The van der Waals surface area contributed by atoms with Crippen LogP contribution in [-0.2, 0) is 11.2 Å². The van der Waals surface area contributed by atoms with Crippen LogP contribution < -0.4 is 5.32 Å². The number of carbonyl (C=O) groups is 1. The van der Waals surface area contributed by atoms with Crippen LogP contribution in [0.25, 0.3) is 10.7 Å². The van der Waals surface area contributed by atoms with Crippen LogP contribution in [0.15, 0.2) is 40.2 Å². The molecule has 3 rings (SSSR count). The van der Waals surface area contributed by atoms with E-state index in [-0.39, 0.29) is 17.4 Å². The van der Waals surface area contributed by atoms with Gasteiger partial charge in [0.05, 0.1) is 9.90 Å². The highest BCUT2D eigenvalue weighted by Crippen LogP contribution is 2.22. The van der Waals surface area contributed by atoms with E-state index >= 15 is 0 Å². The maximum Gasteiger partial charge on any atom is 0.227 e. The lowest BCUT2D eigenvalue weighted by Gasteiger charge is -2.04. The van der Waals surface area contributed by atoms with E-state index in [2.05, 4.69) is 15.5 Å². The molecule has 0 radical (unpaired) electrons. The average molecular weight is 352 g/mol. The summed E-state index contributed by atoms with van der Waals surface area (Å²) in [5.41, 5.74) is 0.436. The second kappa shape index (κ2) is 6.89. The fraction of sp³-hybridized carbons (Fsp3) is 0.133. The molecule has 2 heterocycles. The minimum Gasteiger partial charge on any atom is -0.339 e. The van der Waals surface area contributed by atoms with Gasteiger partial charge < -0.3 is 9.84 Å². The Balaban J connectivity index is 1.55. The fourth-order valence-corrected chi connectivity index (χ4v) is 2.71. The molecule has 1 amide bonds. The standard InChI is InChI=1S/C15H11ClFN3O2S/c16-10-8-9(3-4-11(10)17)18-13(21)5-6-14-19-15(20-22-14)12-2-1-7-23-12/h1-4,7-8H,5-6H2,(H,18,21). The summed E-state index contributed by atoms with van der Waals surface area (Å²) in [5.74, 6) is 0.126. The third-order valence-corrected chi connectivity index (χ3v) is 4.13. The lowest BCUT2D eigenvalue weighted by atomic mass is 10.2. The zero-order valence-electron chi connectivity index (χ0n) is 11.8. The Bertz CT molecular complexity index is 820. The van der Waals surface area contributed by atoms with Gasteiger partial charge in [0.25, 0.3) is 0 Å². The number of carbonyl (C=O) groups excluding carboxylic acids is 1. The van der Waals surface area contributed by atoms with Gasteiger partial charge in [-0.25, -0.2) is 4.39 Å². The largest absolute Gasteiger partial charge is 0.339 e. The topological polar surface area (TPSA) is 68.0 Å². The molecule has 0 spiro atoms. The SMILES string of the molecule is O=C(CCc1nc(-c2cccs2)no1)Nc1ccc(F)c(Cl)c1. The highest BCUT2D eigenvalue weighted by atomic mass is 35.5. The van der Waals surface area contributed by atoms with Crippen molar-refractivity contribution < 1.29 is 13.7 Å². The predicted molar refractivity (Wildman–Crippen MR) is 86.0 cm³/mol. The normalized spacial score (nSPS) is 10.7. The van der Waals surface area contributed by atoms with E-state index in [1.54, 1.807) is 0 Å². The molecule has 0 bridgehead atoms. The molecule has 1 aromatic carbocycles. The highest BCUT2D eigenvalue weighted by Gasteiger charge is 2.12. The molecule has 0 aliphatic carbocycles. The molecule has 118 valence electrons. The summed E-state index contributed by atoms with van der Waals surface area (Å²) in [6.07, 6.45) is 0.486. The Morgan fingerprint density at radius 3 is 3.00 bits per heavy atom. The highest BCUT2D eigenvalue weighted by molar-refractivity contribution is 7.13. The van der Waals surface area contributed by atoms with Crippen molar-refractivity contribution in [2.45, 2.75) is 12.8 Å². The van der Waals surface area contributed by atoms with Gasteiger partial charge in [-0.15, -0.1) is 11.3 Å². The predicted octanol–water partition coefficient (Wildman–Crippen LogP) is 4.16. The Morgan fingerprint density at radius 2 is 2.26 bits per heavy atom. The van der Waals surface area contributed by atoms with Crippen molar-refractivity contribution in [3.05, 3.63) is 52.4 Å². The molecule has 0 atom stereocenters. The molecule has 0 aliphatic rings. The van der Waals surface area contributed by atoms with Crippen molar-refractivity contribution in [3.8, 4) is 10.7 Å². The van der Waals surface area contributed by atoms with Gasteiger partial charge >= 0.3 is 0 Å². The molecule has 3 aromatic rings. The molecule has 8 heteroatoms. The summed E-state index contributed by atoms with van der Waals surface area (Å²) < 4.78 is 18.2.